The number of hydrogen-bond acceptors (Lipinski definition) is 4. The molecule has 0 fully saturated rings. The maximum atomic E-state index is 12.8. The molecule has 0 aromatic heterocycles. The van der Waals surface area contributed by atoms with Crippen LogP contribution in [0.3, 0.4) is 0 Å². The van der Waals surface area contributed by atoms with E-state index in [4.69, 9.17) is 23.2 Å². The van der Waals surface area contributed by atoms with Crippen molar-refractivity contribution in [1.82, 2.24) is 4.90 Å². The molecule has 0 unspecified atom stereocenters. The third kappa shape index (κ3) is 4.21. The van der Waals surface area contributed by atoms with Crippen LogP contribution < -0.4 is 4.90 Å². The van der Waals surface area contributed by atoms with E-state index in [9.17, 15) is 14.9 Å². The molecule has 0 atom stereocenters. The average Bonchev–Trinajstić information content (AvgIpc) is 2.57. The molecule has 2 rings (SSSR count). The summed E-state index contributed by atoms with van der Waals surface area (Å²) < 4.78 is 0. The van der Waals surface area contributed by atoms with Crippen molar-refractivity contribution < 1.29 is 9.72 Å². The number of carbonyl (C=O) groups is 1. The van der Waals surface area contributed by atoms with Gasteiger partial charge in [-0.05, 0) is 17.7 Å². The van der Waals surface area contributed by atoms with Crippen LogP contribution in [0.1, 0.15) is 15.9 Å². The van der Waals surface area contributed by atoms with Gasteiger partial charge in [0.1, 0.15) is 0 Å². The molecule has 25 heavy (non-hydrogen) atoms. The van der Waals surface area contributed by atoms with Crippen LogP contribution in [0.25, 0.3) is 0 Å². The van der Waals surface area contributed by atoms with E-state index in [1.807, 2.05) is 0 Å². The van der Waals surface area contributed by atoms with Crippen molar-refractivity contribution in [3.63, 3.8) is 0 Å². The summed E-state index contributed by atoms with van der Waals surface area (Å²) in [4.78, 5) is 26.5. The zero-order valence-electron chi connectivity index (χ0n) is 14.0. The van der Waals surface area contributed by atoms with Gasteiger partial charge in [-0.3, -0.25) is 14.9 Å². The predicted molar refractivity (Wildman–Crippen MR) is 99.7 cm³/mol. The second-order valence-electron chi connectivity index (χ2n) is 5.73. The SMILES string of the molecule is CN(Cc1cccc(Cl)c1Cl)C(=O)c1cc([N+](=O)[O-])ccc1N(C)C. The minimum atomic E-state index is -0.524. The Morgan fingerprint density at radius 2 is 1.84 bits per heavy atom. The van der Waals surface area contributed by atoms with E-state index < -0.39 is 4.92 Å². The van der Waals surface area contributed by atoms with Crippen molar-refractivity contribution >= 4 is 40.5 Å². The normalized spacial score (nSPS) is 10.4. The van der Waals surface area contributed by atoms with Gasteiger partial charge >= 0.3 is 0 Å². The Bertz CT molecular complexity index is 825. The summed E-state index contributed by atoms with van der Waals surface area (Å²) in [6.45, 7) is 0.230. The maximum absolute atomic E-state index is 12.8. The highest BCUT2D eigenvalue weighted by Gasteiger charge is 2.21. The van der Waals surface area contributed by atoms with Gasteiger partial charge in [0.15, 0.2) is 0 Å². The topological polar surface area (TPSA) is 66.7 Å². The van der Waals surface area contributed by atoms with Crippen LogP contribution in [0, 0.1) is 10.1 Å². The highest BCUT2D eigenvalue weighted by Crippen LogP contribution is 2.28. The quantitative estimate of drug-likeness (QED) is 0.573. The van der Waals surface area contributed by atoms with Crippen molar-refractivity contribution in [2.24, 2.45) is 0 Å². The smallest absolute Gasteiger partial charge is 0.270 e. The number of hydrogen-bond donors (Lipinski definition) is 0. The van der Waals surface area contributed by atoms with Crippen molar-refractivity contribution in [2.45, 2.75) is 6.54 Å². The molecule has 1 amide bonds. The van der Waals surface area contributed by atoms with Crippen LogP contribution in [0.15, 0.2) is 36.4 Å². The van der Waals surface area contributed by atoms with E-state index >= 15 is 0 Å². The fourth-order valence-corrected chi connectivity index (χ4v) is 2.78. The molecule has 0 radical (unpaired) electrons. The minimum Gasteiger partial charge on any atom is -0.377 e. The number of anilines is 1. The molecule has 0 N–H and O–H groups in total. The summed E-state index contributed by atoms with van der Waals surface area (Å²) >= 11 is 12.2. The first-order valence-corrected chi connectivity index (χ1v) is 8.12. The number of carbonyl (C=O) groups excluding carboxylic acids is 1. The summed E-state index contributed by atoms with van der Waals surface area (Å²) in [5.41, 5.74) is 1.41. The Hall–Kier alpha value is -2.31. The molecule has 0 bridgehead atoms. The Labute approximate surface area is 155 Å². The second kappa shape index (κ2) is 7.72. The largest absolute Gasteiger partial charge is 0.377 e. The lowest BCUT2D eigenvalue weighted by Crippen LogP contribution is -2.28. The van der Waals surface area contributed by atoms with Crippen molar-refractivity contribution in [2.75, 3.05) is 26.0 Å². The van der Waals surface area contributed by atoms with Gasteiger partial charge in [0.2, 0.25) is 0 Å². The molecule has 0 aliphatic carbocycles. The molecular formula is C17H17Cl2N3O3. The molecule has 2 aromatic rings. The fraction of sp³-hybridized carbons (Fsp3) is 0.235. The van der Waals surface area contributed by atoms with Crippen LogP contribution in [-0.2, 0) is 6.54 Å². The zero-order valence-corrected chi connectivity index (χ0v) is 15.5. The van der Waals surface area contributed by atoms with Gasteiger partial charge in [-0.1, -0.05) is 35.3 Å². The summed E-state index contributed by atoms with van der Waals surface area (Å²) in [6, 6.07) is 9.41. The first-order chi connectivity index (χ1) is 11.7. The molecule has 132 valence electrons. The summed E-state index contributed by atoms with van der Waals surface area (Å²) in [7, 11) is 5.15. The first kappa shape index (κ1) is 19.0. The van der Waals surface area contributed by atoms with Crippen molar-refractivity contribution in [3.05, 3.63) is 67.7 Å². The van der Waals surface area contributed by atoms with Gasteiger partial charge < -0.3 is 9.80 Å². The summed E-state index contributed by atoms with van der Waals surface area (Å²) in [5.74, 6) is -0.344. The molecule has 0 aliphatic rings. The molecular weight excluding hydrogens is 365 g/mol. The van der Waals surface area contributed by atoms with Gasteiger partial charge in [-0.15, -0.1) is 0 Å². The number of nitro benzene ring substituents is 1. The Balaban J connectivity index is 2.36. The highest BCUT2D eigenvalue weighted by molar-refractivity contribution is 6.42. The predicted octanol–water partition coefficient (Wildman–Crippen LogP) is 4.24. The maximum Gasteiger partial charge on any atom is 0.270 e. The van der Waals surface area contributed by atoms with Crippen LogP contribution in [-0.4, -0.2) is 36.9 Å². The Kier molecular flexibility index (Phi) is 5.87. The molecule has 0 aliphatic heterocycles. The fourth-order valence-electron chi connectivity index (χ4n) is 2.40. The Morgan fingerprint density at radius 3 is 2.44 bits per heavy atom. The van der Waals surface area contributed by atoms with Crippen LogP contribution in [0.2, 0.25) is 10.0 Å². The molecule has 2 aromatic carbocycles. The monoisotopic (exact) mass is 381 g/mol. The van der Waals surface area contributed by atoms with Crippen LogP contribution in [0.4, 0.5) is 11.4 Å². The second-order valence-corrected chi connectivity index (χ2v) is 6.51. The third-order valence-electron chi connectivity index (χ3n) is 3.69. The van der Waals surface area contributed by atoms with Gasteiger partial charge in [0, 0.05) is 45.5 Å². The molecule has 0 saturated heterocycles. The summed E-state index contributed by atoms with van der Waals surface area (Å²) in [5, 5.41) is 11.8. The lowest BCUT2D eigenvalue weighted by Gasteiger charge is -2.22. The van der Waals surface area contributed by atoms with Gasteiger partial charge in [0.25, 0.3) is 11.6 Å². The van der Waals surface area contributed by atoms with Gasteiger partial charge in [-0.2, -0.15) is 0 Å². The van der Waals surface area contributed by atoms with Gasteiger partial charge in [0.05, 0.1) is 20.5 Å². The molecule has 0 saturated carbocycles. The summed E-state index contributed by atoms with van der Waals surface area (Å²) in [6.07, 6.45) is 0. The van der Waals surface area contributed by atoms with Crippen LogP contribution in [0.5, 0.6) is 0 Å². The number of amides is 1. The zero-order chi connectivity index (χ0) is 18.7. The molecule has 6 nitrogen and oxygen atoms in total. The number of nitrogens with zero attached hydrogens (tertiary/aromatic N) is 3. The van der Waals surface area contributed by atoms with E-state index in [0.29, 0.717) is 21.3 Å². The van der Waals surface area contributed by atoms with Crippen molar-refractivity contribution in [3.8, 4) is 0 Å². The molecule has 0 heterocycles. The highest BCUT2D eigenvalue weighted by atomic mass is 35.5. The lowest BCUT2D eigenvalue weighted by atomic mass is 10.1. The van der Waals surface area contributed by atoms with E-state index in [1.165, 1.54) is 17.0 Å². The van der Waals surface area contributed by atoms with E-state index in [0.717, 1.165) is 0 Å². The van der Waals surface area contributed by atoms with Crippen LogP contribution >= 0.6 is 23.2 Å². The number of rotatable bonds is 5. The number of halogens is 2. The standard InChI is InChI=1S/C17H17Cl2N3O3/c1-20(2)15-8-7-12(22(24)25)9-13(15)17(23)21(3)10-11-5-4-6-14(18)16(11)19/h4-9H,10H2,1-3H3. The minimum absolute atomic E-state index is 0.136. The first-order valence-electron chi connectivity index (χ1n) is 7.36. The van der Waals surface area contributed by atoms with Crippen molar-refractivity contribution in [1.29, 1.82) is 0 Å². The number of benzene rings is 2. The van der Waals surface area contributed by atoms with E-state index in [-0.39, 0.29) is 23.7 Å². The lowest BCUT2D eigenvalue weighted by molar-refractivity contribution is -0.384. The van der Waals surface area contributed by atoms with E-state index in [1.54, 1.807) is 50.3 Å². The number of non-ortho nitro benzene ring substituents is 1. The van der Waals surface area contributed by atoms with Gasteiger partial charge in [-0.25, -0.2) is 0 Å². The van der Waals surface area contributed by atoms with E-state index in [2.05, 4.69) is 0 Å². The molecule has 8 heteroatoms. The average molecular weight is 382 g/mol. The third-order valence-corrected chi connectivity index (χ3v) is 4.55. The number of nitro groups is 1. The Morgan fingerprint density at radius 1 is 1.16 bits per heavy atom. The molecule has 0 spiro atoms.